The van der Waals surface area contributed by atoms with E-state index in [-0.39, 0.29) is 17.7 Å². The van der Waals surface area contributed by atoms with Crippen LogP contribution in [0, 0.1) is 10.1 Å². The van der Waals surface area contributed by atoms with Crippen molar-refractivity contribution in [3.05, 3.63) is 78.3 Å². The first-order chi connectivity index (χ1) is 15.0. The predicted molar refractivity (Wildman–Crippen MR) is 119 cm³/mol. The number of H-pyrrole nitrogens is 1. The molecule has 1 N–H and O–H groups in total. The Morgan fingerprint density at radius 3 is 2.87 bits per heavy atom. The lowest BCUT2D eigenvalue weighted by Gasteiger charge is -2.34. The predicted octanol–water partition coefficient (Wildman–Crippen LogP) is 5.29. The molecule has 0 bridgehead atoms. The number of methoxy groups -OCH3 is 1. The summed E-state index contributed by atoms with van der Waals surface area (Å²) in [7, 11) is 1.63. The number of furan rings is 1. The number of carbonyl (C=O) groups excluding carboxylic acids is 1. The number of hydrogen-bond acceptors (Lipinski definition) is 6. The van der Waals surface area contributed by atoms with Gasteiger partial charge in [0.15, 0.2) is 5.76 Å². The lowest BCUT2D eigenvalue weighted by atomic mass is 9.96. The number of halogens is 1. The molecule has 1 aliphatic rings. The van der Waals surface area contributed by atoms with Crippen molar-refractivity contribution in [2.24, 2.45) is 0 Å². The van der Waals surface area contributed by atoms with Crippen molar-refractivity contribution in [3.8, 4) is 5.75 Å². The number of thiophene rings is 1. The molecule has 5 rings (SSSR count). The summed E-state index contributed by atoms with van der Waals surface area (Å²) in [6, 6.07) is 10.0. The zero-order valence-corrected chi connectivity index (χ0v) is 18.7. The number of nitrogens with zero attached hydrogens (tertiary/aromatic N) is 2. The largest absolute Gasteiger partial charge is 0.497 e. The van der Waals surface area contributed by atoms with Gasteiger partial charge >= 0.3 is 5.88 Å². The number of aromatic amines is 1. The topological polar surface area (TPSA) is 102 Å². The van der Waals surface area contributed by atoms with E-state index in [2.05, 4.69) is 20.9 Å². The van der Waals surface area contributed by atoms with Crippen molar-refractivity contribution in [2.75, 3.05) is 13.7 Å². The smallest absolute Gasteiger partial charge is 0.433 e. The molecular weight excluding hydrogens is 486 g/mol. The van der Waals surface area contributed by atoms with Crippen molar-refractivity contribution in [3.63, 3.8) is 0 Å². The fourth-order valence-corrected chi connectivity index (χ4v) is 5.63. The van der Waals surface area contributed by atoms with E-state index in [0.717, 1.165) is 37.3 Å². The van der Waals surface area contributed by atoms with Crippen LogP contribution in [0.3, 0.4) is 0 Å². The Balaban J connectivity index is 1.63. The summed E-state index contributed by atoms with van der Waals surface area (Å²) in [5, 5.41) is 14.0. The molecule has 4 heterocycles. The highest BCUT2D eigenvalue weighted by Crippen LogP contribution is 2.42. The summed E-state index contributed by atoms with van der Waals surface area (Å²) < 4.78 is 11.5. The second kappa shape index (κ2) is 7.54. The molecule has 3 aromatic heterocycles. The second-order valence-electron chi connectivity index (χ2n) is 7.14. The molecule has 1 aliphatic heterocycles. The van der Waals surface area contributed by atoms with Gasteiger partial charge in [0.25, 0.3) is 5.91 Å². The van der Waals surface area contributed by atoms with Gasteiger partial charge in [-0.1, -0.05) is 0 Å². The molecule has 1 amide bonds. The Kier molecular flexibility index (Phi) is 4.82. The normalized spacial score (nSPS) is 15.8. The van der Waals surface area contributed by atoms with E-state index in [9.17, 15) is 14.9 Å². The lowest BCUT2D eigenvalue weighted by molar-refractivity contribution is -0.402. The zero-order valence-electron chi connectivity index (χ0n) is 16.3. The summed E-state index contributed by atoms with van der Waals surface area (Å²) in [6.45, 7) is 0.449. The van der Waals surface area contributed by atoms with Gasteiger partial charge in [-0.2, -0.15) is 0 Å². The van der Waals surface area contributed by atoms with E-state index in [1.807, 2.05) is 29.6 Å². The Labute approximate surface area is 188 Å². The number of rotatable bonds is 4. The molecule has 1 aromatic carbocycles. The van der Waals surface area contributed by atoms with E-state index >= 15 is 0 Å². The fraction of sp³-hybridized carbons (Fsp3) is 0.190. The Morgan fingerprint density at radius 1 is 1.35 bits per heavy atom. The first kappa shape index (κ1) is 19.8. The number of nitrogens with one attached hydrogen (secondary N) is 1. The number of carbonyl (C=O) groups is 1. The SMILES string of the molecule is COc1ccc2[nH]c3c(c2c1)CCN(C(=O)c1ccc([N+](=O)[O-])o1)C3c1cc(Br)cs1. The van der Waals surface area contributed by atoms with Crippen molar-refractivity contribution < 1.29 is 18.9 Å². The van der Waals surface area contributed by atoms with E-state index in [0.29, 0.717) is 13.0 Å². The molecule has 10 heteroatoms. The van der Waals surface area contributed by atoms with Crippen LogP contribution in [-0.2, 0) is 6.42 Å². The molecule has 0 saturated carbocycles. The summed E-state index contributed by atoms with van der Waals surface area (Å²) in [5.41, 5.74) is 3.03. The molecule has 1 unspecified atom stereocenters. The number of nitro groups is 1. The van der Waals surface area contributed by atoms with Crippen LogP contribution < -0.4 is 4.74 Å². The van der Waals surface area contributed by atoms with Gasteiger partial charge in [0.05, 0.1) is 13.2 Å². The summed E-state index contributed by atoms with van der Waals surface area (Å²) in [6.07, 6.45) is 0.639. The number of fused-ring (bicyclic) bond motifs is 3. The third kappa shape index (κ3) is 3.31. The maximum atomic E-state index is 13.3. The molecule has 31 heavy (non-hydrogen) atoms. The molecule has 0 fully saturated rings. The van der Waals surface area contributed by atoms with Crippen LogP contribution in [0.2, 0.25) is 0 Å². The van der Waals surface area contributed by atoms with Gasteiger partial charge in [-0.15, -0.1) is 11.3 Å². The van der Waals surface area contributed by atoms with Crippen LogP contribution in [0.4, 0.5) is 5.88 Å². The molecule has 158 valence electrons. The third-order valence-electron chi connectivity index (χ3n) is 5.43. The summed E-state index contributed by atoms with van der Waals surface area (Å²) >= 11 is 5.04. The van der Waals surface area contributed by atoms with Gasteiger partial charge < -0.3 is 19.0 Å². The van der Waals surface area contributed by atoms with Gasteiger partial charge in [-0.05, 0) is 58.2 Å². The fourth-order valence-electron chi connectivity index (χ4n) is 4.06. The first-order valence-electron chi connectivity index (χ1n) is 9.44. The minimum Gasteiger partial charge on any atom is -0.497 e. The minimum absolute atomic E-state index is 0.0476. The zero-order chi connectivity index (χ0) is 21.7. The number of ether oxygens (including phenoxy) is 1. The molecule has 4 aromatic rings. The van der Waals surface area contributed by atoms with Crippen LogP contribution in [0.15, 0.2) is 50.7 Å². The first-order valence-corrected chi connectivity index (χ1v) is 11.1. The lowest BCUT2D eigenvalue weighted by Crippen LogP contribution is -2.40. The highest BCUT2D eigenvalue weighted by Gasteiger charge is 2.37. The van der Waals surface area contributed by atoms with Crippen LogP contribution >= 0.6 is 27.3 Å². The molecule has 0 aliphatic carbocycles. The third-order valence-corrected chi connectivity index (χ3v) is 7.18. The molecule has 1 atom stereocenters. The van der Waals surface area contributed by atoms with Crippen molar-refractivity contribution in [1.29, 1.82) is 0 Å². The van der Waals surface area contributed by atoms with Gasteiger partial charge in [-0.25, -0.2) is 0 Å². The molecule has 0 radical (unpaired) electrons. The number of benzene rings is 1. The molecule has 0 spiro atoms. The van der Waals surface area contributed by atoms with Crippen molar-refractivity contribution >= 4 is 50.0 Å². The van der Waals surface area contributed by atoms with Crippen LogP contribution in [-0.4, -0.2) is 34.4 Å². The van der Waals surface area contributed by atoms with E-state index < -0.39 is 10.8 Å². The average Bonchev–Trinajstić information content (AvgIpc) is 3.50. The Hall–Kier alpha value is -3.11. The minimum atomic E-state index is -0.649. The van der Waals surface area contributed by atoms with Crippen LogP contribution in [0.1, 0.15) is 32.7 Å². The van der Waals surface area contributed by atoms with Crippen molar-refractivity contribution in [2.45, 2.75) is 12.5 Å². The maximum absolute atomic E-state index is 13.3. The van der Waals surface area contributed by atoms with Crippen LogP contribution in [0.5, 0.6) is 5.75 Å². The monoisotopic (exact) mass is 501 g/mol. The number of hydrogen-bond donors (Lipinski definition) is 1. The Bertz CT molecular complexity index is 1320. The van der Waals surface area contributed by atoms with E-state index in [1.54, 1.807) is 12.0 Å². The van der Waals surface area contributed by atoms with Crippen LogP contribution in [0.25, 0.3) is 10.9 Å². The average molecular weight is 502 g/mol. The quantitative estimate of drug-likeness (QED) is 0.302. The van der Waals surface area contributed by atoms with Gasteiger partial charge in [0.2, 0.25) is 0 Å². The summed E-state index contributed by atoms with van der Waals surface area (Å²) in [5.74, 6) is -0.113. The molecule has 0 saturated heterocycles. The number of amides is 1. The maximum Gasteiger partial charge on any atom is 0.433 e. The molecule has 8 nitrogen and oxygen atoms in total. The highest BCUT2D eigenvalue weighted by molar-refractivity contribution is 9.10. The van der Waals surface area contributed by atoms with E-state index in [4.69, 9.17) is 9.15 Å². The van der Waals surface area contributed by atoms with E-state index in [1.165, 1.54) is 23.5 Å². The Morgan fingerprint density at radius 2 is 2.19 bits per heavy atom. The highest BCUT2D eigenvalue weighted by atomic mass is 79.9. The second-order valence-corrected chi connectivity index (χ2v) is 9.00. The molecular formula is C21H16BrN3O5S. The number of aromatic nitrogens is 1. The summed E-state index contributed by atoms with van der Waals surface area (Å²) in [4.78, 5) is 29.8. The van der Waals surface area contributed by atoms with Gasteiger partial charge in [-0.3, -0.25) is 14.9 Å². The van der Waals surface area contributed by atoms with Gasteiger partial charge in [0.1, 0.15) is 16.7 Å². The van der Waals surface area contributed by atoms with Crippen molar-refractivity contribution in [1.82, 2.24) is 9.88 Å². The standard InChI is InChI=1S/C21H16BrN3O5S/c1-29-12-2-3-15-14(9-12)13-6-7-24(21(26)16-4-5-18(30-16)25(27)28)20(19(13)23-15)17-8-11(22)10-31-17/h2-5,8-10,20,23H,6-7H2,1H3. The van der Waals surface area contributed by atoms with Gasteiger partial charge in [0, 0.05) is 37.9 Å².